The highest BCUT2D eigenvalue weighted by Crippen LogP contribution is 2.23. The summed E-state index contributed by atoms with van der Waals surface area (Å²) in [6.45, 7) is 2.57. The molecule has 0 saturated heterocycles. The van der Waals surface area contributed by atoms with E-state index in [0.717, 1.165) is 20.6 Å². The van der Waals surface area contributed by atoms with Gasteiger partial charge in [-0.05, 0) is 36.8 Å². The molecule has 2 aromatic rings. The van der Waals surface area contributed by atoms with Crippen LogP contribution in [0.15, 0.2) is 34.8 Å². The SMILES string of the molecule is Cc1sc(C(=O)O)cc1CNc1cccc(Br)c1. The van der Waals surface area contributed by atoms with Gasteiger partial charge in [0.25, 0.3) is 0 Å². The molecule has 0 atom stereocenters. The number of hydrogen-bond donors (Lipinski definition) is 2. The van der Waals surface area contributed by atoms with E-state index in [2.05, 4.69) is 21.2 Å². The monoisotopic (exact) mass is 325 g/mol. The minimum Gasteiger partial charge on any atom is -0.477 e. The van der Waals surface area contributed by atoms with Gasteiger partial charge in [-0.25, -0.2) is 4.79 Å². The van der Waals surface area contributed by atoms with Gasteiger partial charge in [0.05, 0.1) is 0 Å². The summed E-state index contributed by atoms with van der Waals surface area (Å²) in [4.78, 5) is 12.3. The Kier molecular flexibility index (Phi) is 4.04. The molecular formula is C13H12BrNO2S. The number of aryl methyl sites for hydroxylation is 1. The number of benzene rings is 1. The fraction of sp³-hybridized carbons (Fsp3) is 0.154. The van der Waals surface area contributed by atoms with E-state index < -0.39 is 5.97 Å². The molecule has 94 valence electrons. The van der Waals surface area contributed by atoms with Gasteiger partial charge in [0.15, 0.2) is 0 Å². The van der Waals surface area contributed by atoms with Gasteiger partial charge >= 0.3 is 5.97 Å². The number of thiophene rings is 1. The smallest absolute Gasteiger partial charge is 0.345 e. The van der Waals surface area contributed by atoms with Crippen molar-refractivity contribution in [3.8, 4) is 0 Å². The summed E-state index contributed by atoms with van der Waals surface area (Å²) < 4.78 is 1.01. The lowest BCUT2D eigenvalue weighted by molar-refractivity contribution is 0.0702. The van der Waals surface area contributed by atoms with Crippen molar-refractivity contribution in [2.75, 3.05) is 5.32 Å². The van der Waals surface area contributed by atoms with Crippen LogP contribution in [-0.2, 0) is 6.54 Å². The van der Waals surface area contributed by atoms with Crippen LogP contribution < -0.4 is 5.32 Å². The summed E-state index contributed by atoms with van der Waals surface area (Å²) in [6, 6.07) is 9.61. The minimum absolute atomic E-state index is 0.388. The van der Waals surface area contributed by atoms with Crippen molar-refractivity contribution in [2.45, 2.75) is 13.5 Å². The summed E-state index contributed by atoms with van der Waals surface area (Å²) >= 11 is 4.72. The van der Waals surface area contributed by atoms with Gasteiger partial charge in [0, 0.05) is 21.6 Å². The first kappa shape index (κ1) is 13.1. The molecule has 0 radical (unpaired) electrons. The molecule has 0 bridgehead atoms. The van der Waals surface area contributed by atoms with E-state index in [4.69, 9.17) is 5.11 Å². The van der Waals surface area contributed by atoms with Gasteiger partial charge in [-0.2, -0.15) is 0 Å². The minimum atomic E-state index is -0.864. The van der Waals surface area contributed by atoms with Crippen molar-refractivity contribution in [1.29, 1.82) is 0 Å². The van der Waals surface area contributed by atoms with Crippen LogP contribution in [-0.4, -0.2) is 11.1 Å². The van der Waals surface area contributed by atoms with Gasteiger partial charge in [-0.1, -0.05) is 22.0 Å². The third kappa shape index (κ3) is 3.11. The maximum atomic E-state index is 10.9. The van der Waals surface area contributed by atoms with Crippen LogP contribution in [0.1, 0.15) is 20.1 Å². The Bertz CT molecular complexity index is 580. The van der Waals surface area contributed by atoms with Gasteiger partial charge in [-0.15, -0.1) is 11.3 Å². The first-order valence-corrected chi connectivity index (χ1v) is 6.99. The molecule has 1 heterocycles. The predicted octanol–water partition coefficient (Wildman–Crippen LogP) is 4.13. The Morgan fingerprint density at radius 3 is 2.83 bits per heavy atom. The quantitative estimate of drug-likeness (QED) is 0.888. The van der Waals surface area contributed by atoms with Crippen LogP contribution in [0.3, 0.4) is 0 Å². The van der Waals surface area contributed by atoms with E-state index in [1.807, 2.05) is 31.2 Å². The second kappa shape index (κ2) is 5.54. The lowest BCUT2D eigenvalue weighted by Crippen LogP contribution is -1.99. The van der Waals surface area contributed by atoms with E-state index in [1.165, 1.54) is 11.3 Å². The van der Waals surface area contributed by atoms with Crippen molar-refractivity contribution in [3.63, 3.8) is 0 Å². The third-order valence-electron chi connectivity index (χ3n) is 2.54. The highest BCUT2D eigenvalue weighted by Gasteiger charge is 2.10. The van der Waals surface area contributed by atoms with E-state index in [-0.39, 0.29) is 0 Å². The van der Waals surface area contributed by atoms with Crippen LogP contribution in [0.2, 0.25) is 0 Å². The third-order valence-corrected chi connectivity index (χ3v) is 4.11. The van der Waals surface area contributed by atoms with Crippen molar-refractivity contribution in [2.24, 2.45) is 0 Å². The number of carboxylic acids is 1. The predicted molar refractivity (Wildman–Crippen MR) is 77.5 cm³/mol. The highest BCUT2D eigenvalue weighted by molar-refractivity contribution is 9.10. The van der Waals surface area contributed by atoms with E-state index >= 15 is 0 Å². The molecule has 0 amide bonds. The summed E-state index contributed by atoms with van der Waals surface area (Å²) in [5.41, 5.74) is 2.03. The zero-order valence-electron chi connectivity index (χ0n) is 9.74. The number of carboxylic acid groups (broad SMARTS) is 1. The standard InChI is InChI=1S/C13H12BrNO2S/c1-8-9(5-12(18-8)13(16)17)7-15-11-4-2-3-10(14)6-11/h2-6,15H,7H2,1H3,(H,16,17). The highest BCUT2D eigenvalue weighted by atomic mass is 79.9. The van der Waals surface area contributed by atoms with Crippen LogP contribution in [0.4, 0.5) is 5.69 Å². The number of rotatable bonds is 4. The molecule has 0 unspecified atom stereocenters. The fourth-order valence-electron chi connectivity index (χ4n) is 1.60. The van der Waals surface area contributed by atoms with Crippen molar-refractivity contribution >= 4 is 38.9 Å². The maximum Gasteiger partial charge on any atom is 0.345 e. The summed E-state index contributed by atoms with van der Waals surface area (Å²) in [5.74, 6) is -0.864. The number of halogens is 1. The molecule has 2 N–H and O–H groups in total. The average molecular weight is 326 g/mol. The molecule has 18 heavy (non-hydrogen) atoms. The summed E-state index contributed by atoms with van der Waals surface area (Å²) in [6.07, 6.45) is 0. The first-order valence-electron chi connectivity index (χ1n) is 5.38. The number of nitrogens with one attached hydrogen (secondary N) is 1. The molecule has 0 spiro atoms. The van der Waals surface area contributed by atoms with E-state index in [1.54, 1.807) is 6.07 Å². The van der Waals surface area contributed by atoms with Crippen LogP contribution in [0, 0.1) is 6.92 Å². The molecule has 1 aromatic heterocycles. The molecule has 0 aliphatic carbocycles. The van der Waals surface area contributed by atoms with Gasteiger partial charge < -0.3 is 10.4 Å². The summed E-state index contributed by atoms with van der Waals surface area (Å²) in [5, 5.41) is 12.2. The molecule has 0 aliphatic rings. The molecule has 0 saturated carbocycles. The number of anilines is 1. The lowest BCUT2D eigenvalue weighted by Gasteiger charge is -2.06. The Balaban J connectivity index is 2.08. The molecule has 3 nitrogen and oxygen atoms in total. The van der Waals surface area contributed by atoms with Crippen molar-refractivity contribution in [1.82, 2.24) is 0 Å². The Morgan fingerprint density at radius 2 is 2.22 bits per heavy atom. The van der Waals surface area contributed by atoms with Gasteiger partial charge in [0.2, 0.25) is 0 Å². The first-order chi connectivity index (χ1) is 8.56. The number of carbonyl (C=O) groups is 1. The molecule has 1 aromatic carbocycles. The Hall–Kier alpha value is -1.33. The fourth-order valence-corrected chi connectivity index (χ4v) is 2.88. The van der Waals surface area contributed by atoms with Gasteiger partial charge in [0.1, 0.15) is 4.88 Å². The van der Waals surface area contributed by atoms with E-state index in [9.17, 15) is 4.79 Å². The lowest BCUT2D eigenvalue weighted by atomic mass is 10.2. The number of hydrogen-bond acceptors (Lipinski definition) is 3. The largest absolute Gasteiger partial charge is 0.477 e. The van der Waals surface area contributed by atoms with Crippen molar-refractivity contribution in [3.05, 3.63) is 50.1 Å². The van der Waals surface area contributed by atoms with Crippen LogP contribution >= 0.6 is 27.3 Å². The van der Waals surface area contributed by atoms with Gasteiger partial charge in [-0.3, -0.25) is 0 Å². The van der Waals surface area contributed by atoms with E-state index in [0.29, 0.717) is 11.4 Å². The van der Waals surface area contributed by atoms with Crippen LogP contribution in [0.25, 0.3) is 0 Å². The molecule has 0 aliphatic heterocycles. The average Bonchev–Trinajstić information content (AvgIpc) is 2.68. The second-order valence-corrected chi connectivity index (χ2v) is 6.03. The normalized spacial score (nSPS) is 10.3. The topological polar surface area (TPSA) is 49.3 Å². The zero-order valence-corrected chi connectivity index (χ0v) is 12.1. The maximum absolute atomic E-state index is 10.9. The molecule has 5 heteroatoms. The summed E-state index contributed by atoms with van der Waals surface area (Å²) in [7, 11) is 0. The van der Waals surface area contributed by atoms with Crippen molar-refractivity contribution < 1.29 is 9.90 Å². The Morgan fingerprint density at radius 1 is 1.44 bits per heavy atom. The molecular weight excluding hydrogens is 314 g/mol. The second-order valence-electron chi connectivity index (χ2n) is 3.86. The zero-order chi connectivity index (χ0) is 13.1. The molecule has 2 rings (SSSR count). The number of aromatic carboxylic acids is 1. The Labute approximate surface area is 118 Å². The van der Waals surface area contributed by atoms with Crippen LogP contribution in [0.5, 0.6) is 0 Å². The molecule has 0 fully saturated rings.